The van der Waals surface area contributed by atoms with E-state index in [9.17, 15) is 9.90 Å². The fourth-order valence-electron chi connectivity index (χ4n) is 3.91. The Morgan fingerprint density at radius 3 is 2.52 bits per heavy atom. The van der Waals surface area contributed by atoms with Gasteiger partial charge in [-0.2, -0.15) is 0 Å². The van der Waals surface area contributed by atoms with E-state index >= 15 is 0 Å². The highest BCUT2D eigenvalue weighted by Gasteiger charge is 2.28. The zero-order valence-electron chi connectivity index (χ0n) is 18.4. The van der Waals surface area contributed by atoms with Crippen molar-refractivity contribution < 1.29 is 19.4 Å². The van der Waals surface area contributed by atoms with Crippen LogP contribution in [-0.2, 0) is 4.74 Å². The summed E-state index contributed by atoms with van der Waals surface area (Å²) in [5, 5.41) is 15.1. The third kappa shape index (κ3) is 5.02. The summed E-state index contributed by atoms with van der Waals surface area (Å²) in [5.41, 5.74) is 3.94. The van der Waals surface area contributed by atoms with E-state index in [0.29, 0.717) is 29.4 Å². The summed E-state index contributed by atoms with van der Waals surface area (Å²) in [5.74, 6) is 0.180. The van der Waals surface area contributed by atoms with E-state index in [1.54, 1.807) is 18.2 Å². The van der Waals surface area contributed by atoms with Crippen molar-refractivity contribution in [2.75, 3.05) is 13.7 Å². The Morgan fingerprint density at radius 2 is 1.85 bits per heavy atom. The average molecular weight is 465 g/mol. The van der Waals surface area contributed by atoms with Gasteiger partial charge in [0.05, 0.1) is 19.3 Å². The molecule has 0 aromatic heterocycles. The highest BCUT2D eigenvalue weighted by Crippen LogP contribution is 2.39. The second-order valence-corrected chi connectivity index (χ2v) is 8.09. The van der Waals surface area contributed by atoms with Gasteiger partial charge in [-0.25, -0.2) is 4.79 Å². The number of benzene rings is 3. The van der Waals surface area contributed by atoms with E-state index in [1.807, 2.05) is 55.5 Å². The van der Waals surface area contributed by atoms with Gasteiger partial charge in [0.15, 0.2) is 11.5 Å². The highest BCUT2D eigenvalue weighted by atomic mass is 35.5. The zero-order valence-corrected chi connectivity index (χ0v) is 19.2. The predicted molar refractivity (Wildman–Crippen MR) is 128 cm³/mol. The summed E-state index contributed by atoms with van der Waals surface area (Å²) < 4.78 is 10.4. The summed E-state index contributed by atoms with van der Waals surface area (Å²) >= 11 is 6.08. The molecule has 0 saturated heterocycles. The Morgan fingerprint density at radius 1 is 1.12 bits per heavy atom. The maximum Gasteiger partial charge on any atom is 0.337 e. The van der Waals surface area contributed by atoms with E-state index in [1.165, 1.54) is 7.11 Å². The first-order valence-electron chi connectivity index (χ1n) is 10.7. The van der Waals surface area contributed by atoms with Crippen molar-refractivity contribution >= 4 is 23.3 Å². The lowest BCUT2D eigenvalue weighted by Crippen LogP contribution is -2.33. The Balaban J connectivity index is 1.72. The Labute approximate surface area is 197 Å². The topological polar surface area (TPSA) is 80.2 Å². The molecule has 1 aliphatic heterocycles. The summed E-state index contributed by atoms with van der Waals surface area (Å²) in [6, 6.07) is 20.0. The Hall–Kier alpha value is -3.35. The van der Waals surface area contributed by atoms with Crippen molar-refractivity contribution in [2.24, 2.45) is 4.99 Å². The molecule has 7 heteroatoms. The van der Waals surface area contributed by atoms with Crippen LogP contribution in [0.2, 0.25) is 5.02 Å². The van der Waals surface area contributed by atoms with Gasteiger partial charge in [-0.3, -0.25) is 10.3 Å². The second-order valence-electron chi connectivity index (χ2n) is 7.65. The van der Waals surface area contributed by atoms with Crippen molar-refractivity contribution in [3.8, 4) is 11.5 Å². The van der Waals surface area contributed by atoms with Crippen molar-refractivity contribution in [3.63, 3.8) is 0 Å². The van der Waals surface area contributed by atoms with Crippen LogP contribution in [0.15, 0.2) is 71.7 Å². The van der Waals surface area contributed by atoms with Gasteiger partial charge < -0.3 is 14.6 Å². The number of rotatable bonds is 6. The SMILES string of the molecule is CCOc1cccc(C2CC(c3ccc(Cl)cc3)=NC(c3ccc(C(=O)OC)cc3)N2)c1O. The van der Waals surface area contributed by atoms with Crippen molar-refractivity contribution in [1.29, 1.82) is 0 Å². The lowest BCUT2D eigenvalue weighted by molar-refractivity contribution is 0.0600. The minimum atomic E-state index is -0.390. The standard InChI is InChI=1S/C26H25ClN2O4/c1-3-33-23-6-4-5-20(24(23)30)22-15-21(16-11-13-19(27)14-12-16)28-25(29-22)17-7-9-18(10-8-17)26(31)32-2/h4-14,22,25,29-30H,3,15H2,1-2H3. The van der Waals surface area contributed by atoms with Crippen LogP contribution in [-0.4, -0.2) is 30.5 Å². The van der Waals surface area contributed by atoms with E-state index in [2.05, 4.69) is 5.32 Å². The van der Waals surface area contributed by atoms with Crippen LogP contribution in [0.1, 0.15) is 52.6 Å². The van der Waals surface area contributed by atoms with Crippen LogP contribution in [0.4, 0.5) is 0 Å². The molecule has 0 bridgehead atoms. The quantitative estimate of drug-likeness (QED) is 0.474. The van der Waals surface area contributed by atoms with Crippen molar-refractivity contribution in [3.05, 3.63) is 94.0 Å². The third-order valence-electron chi connectivity index (χ3n) is 5.57. The number of aliphatic imine (C=N–C) groups is 1. The van der Waals surface area contributed by atoms with Crippen LogP contribution in [0, 0.1) is 0 Å². The number of nitrogens with one attached hydrogen (secondary N) is 1. The second kappa shape index (κ2) is 10.1. The first kappa shape index (κ1) is 22.8. The Bertz CT molecular complexity index is 1160. The molecule has 170 valence electrons. The third-order valence-corrected chi connectivity index (χ3v) is 5.82. The largest absolute Gasteiger partial charge is 0.504 e. The molecule has 2 atom stereocenters. The molecule has 33 heavy (non-hydrogen) atoms. The Kier molecular flexibility index (Phi) is 6.96. The normalized spacial score (nSPS) is 17.8. The molecule has 3 aromatic rings. The number of ether oxygens (including phenoxy) is 2. The number of nitrogens with zero attached hydrogens (tertiary/aromatic N) is 1. The van der Waals surface area contributed by atoms with Crippen LogP contribution >= 0.6 is 11.6 Å². The molecule has 4 rings (SSSR count). The van der Waals surface area contributed by atoms with Crippen LogP contribution in [0.3, 0.4) is 0 Å². The molecular weight excluding hydrogens is 440 g/mol. The smallest absolute Gasteiger partial charge is 0.337 e. The number of halogens is 1. The number of phenols is 1. The number of esters is 1. The summed E-state index contributed by atoms with van der Waals surface area (Å²) in [7, 11) is 1.36. The van der Waals surface area contributed by atoms with Gasteiger partial charge in [-0.05, 0) is 48.4 Å². The first-order chi connectivity index (χ1) is 16.0. The number of carbonyl (C=O) groups is 1. The van der Waals surface area contributed by atoms with E-state index in [-0.39, 0.29) is 23.9 Å². The predicted octanol–water partition coefficient (Wildman–Crippen LogP) is 5.45. The molecule has 0 radical (unpaired) electrons. The van der Waals surface area contributed by atoms with E-state index in [0.717, 1.165) is 22.4 Å². The molecule has 0 saturated carbocycles. The lowest BCUT2D eigenvalue weighted by atomic mass is 9.93. The zero-order chi connectivity index (χ0) is 23.4. The maximum absolute atomic E-state index is 11.8. The number of hydrogen-bond acceptors (Lipinski definition) is 6. The summed E-state index contributed by atoms with van der Waals surface area (Å²) in [6.45, 7) is 2.34. The molecule has 1 heterocycles. The van der Waals surface area contributed by atoms with Crippen LogP contribution in [0.5, 0.6) is 11.5 Å². The molecule has 0 amide bonds. The maximum atomic E-state index is 11.8. The van der Waals surface area contributed by atoms with Crippen molar-refractivity contribution in [2.45, 2.75) is 25.6 Å². The van der Waals surface area contributed by atoms with Gasteiger partial charge in [-0.1, -0.05) is 48.0 Å². The monoisotopic (exact) mass is 464 g/mol. The van der Waals surface area contributed by atoms with E-state index in [4.69, 9.17) is 26.1 Å². The van der Waals surface area contributed by atoms with E-state index < -0.39 is 0 Å². The molecule has 6 nitrogen and oxygen atoms in total. The average Bonchev–Trinajstić information content (AvgIpc) is 2.85. The lowest BCUT2D eigenvalue weighted by Gasteiger charge is -2.31. The van der Waals surface area contributed by atoms with Gasteiger partial charge in [0.1, 0.15) is 6.17 Å². The van der Waals surface area contributed by atoms with Crippen LogP contribution in [0.25, 0.3) is 0 Å². The number of aromatic hydroxyl groups is 1. The number of carbonyl (C=O) groups excluding carboxylic acids is 1. The van der Waals surface area contributed by atoms with Gasteiger partial charge in [0.25, 0.3) is 0 Å². The molecule has 0 aliphatic carbocycles. The molecular formula is C26H25ClN2O4. The summed E-state index contributed by atoms with van der Waals surface area (Å²) in [4.78, 5) is 16.8. The minimum Gasteiger partial charge on any atom is -0.504 e. The fraction of sp³-hybridized carbons (Fsp3) is 0.231. The molecule has 1 aliphatic rings. The molecule has 2 unspecified atom stereocenters. The number of phenolic OH excluding ortho intramolecular Hbond substituents is 1. The molecule has 2 N–H and O–H groups in total. The number of para-hydroxylation sites is 1. The molecule has 3 aromatic carbocycles. The summed E-state index contributed by atoms with van der Waals surface area (Å²) in [6.07, 6.45) is 0.192. The van der Waals surface area contributed by atoms with Gasteiger partial charge in [0, 0.05) is 28.8 Å². The van der Waals surface area contributed by atoms with Gasteiger partial charge >= 0.3 is 5.97 Å². The first-order valence-corrected chi connectivity index (χ1v) is 11.1. The molecule has 0 fully saturated rings. The van der Waals surface area contributed by atoms with Gasteiger partial charge in [0.2, 0.25) is 0 Å². The van der Waals surface area contributed by atoms with Crippen LogP contribution < -0.4 is 10.1 Å². The highest BCUT2D eigenvalue weighted by molar-refractivity contribution is 6.30. The molecule has 0 spiro atoms. The number of hydrogen-bond donors (Lipinski definition) is 2. The van der Waals surface area contributed by atoms with Crippen molar-refractivity contribution in [1.82, 2.24) is 5.32 Å². The van der Waals surface area contributed by atoms with Gasteiger partial charge in [-0.15, -0.1) is 0 Å². The fourth-order valence-corrected chi connectivity index (χ4v) is 4.03. The minimum absolute atomic E-state index is 0.119. The number of methoxy groups -OCH3 is 1.